The van der Waals surface area contributed by atoms with Gasteiger partial charge in [0.25, 0.3) is 0 Å². The third kappa shape index (κ3) is 3.67. The predicted molar refractivity (Wildman–Crippen MR) is 92.9 cm³/mol. The standard InChI is InChI=1S/C16H26N4O4S/c1-4-7-24-16(21)20-6-5-19(9-13-8-17-18(3)12(13)2)14-10-25(22,23)11-15(14)20/h8,14-15H,4-7,9-11H2,1-3H3/t14-,15+/m0/s1. The van der Waals surface area contributed by atoms with Gasteiger partial charge in [0.15, 0.2) is 9.84 Å². The fourth-order valence-electron chi connectivity index (χ4n) is 3.64. The number of ether oxygens (including phenoxy) is 1. The third-order valence-corrected chi connectivity index (χ3v) is 6.86. The van der Waals surface area contributed by atoms with E-state index < -0.39 is 15.9 Å². The number of carbonyl (C=O) groups excluding carboxylic acids is 1. The summed E-state index contributed by atoms with van der Waals surface area (Å²) in [6.45, 7) is 6.06. The Kier molecular flexibility index (Phi) is 5.06. The molecule has 1 aromatic rings. The largest absolute Gasteiger partial charge is 0.449 e. The van der Waals surface area contributed by atoms with Crippen LogP contribution in [0.2, 0.25) is 0 Å². The Hall–Kier alpha value is -1.61. The van der Waals surface area contributed by atoms with Gasteiger partial charge in [0.2, 0.25) is 0 Å². The number of fused-ring (bicyclic) bond motifs is 1. The van der Waals surface area contributed by atoms with Crippen molar-refractivity contribution < 1.29 is 17.9 Å². The van der Waals surface area contributed by atoms with Gasteiger partial charge in [0.1, 0.15) is 0 Å². The van der Waals surface area contributed by atoms with E-state index in [4.69, 9.17) is 4.74 Å². The van der Waals surface area contributed by atoms with Crippen LogP contribution in [0.1, 0.15) is 24.6 Å². The van der Waals surface area contributed by atoms with Gasteiger partial charge in [-0.2, -0.15) is 5.10 Å². The van der Waals surface area contributed by atoms with Crippen molar-refractivity contribution in [3.63, 3.8) is 0 Å². The van der Waals surface area contributed by atoms with E-state index in [0.29, 0.717) is 26.2 Å². The van der Waals surface area contributed by atoms with Crippen LogP contribution in [0, 0.1) is 6.92 Å². The summed E-state index contributed by atoms with van der Waals surface area (Å²) >= 11 is 0. The molecule has 0 saturated carbocycles. The van der Waals surface area contributed by atoms with E-state index in [1.807, 2.05) is 31.8 Å². The third-order valence-electron chi connectivity index (χ3n) is 5.17. The quantitative estimate of drug-likeness (QED) is 0.770. The molecule has 0 bridgehead atoms. The molecule has 0 unspecified atom stereocenters. The molecule has 2 aliphatic rings. The van der Waals surface area contributed by atoms with E-state index in [1.165, 1.54) is 0 Å². The Morgan fingerprint density at radius 3 is 2.68 bits per heavy atom. The summed E-state index contributed by atoms with van der Waals surface area (Å²) in [5.74, 6) is 0.107. The van der Waals surface area contributed by atoms with Crippen LogP contribution in [0.15, 0.2) is 6.20 Å². The molecule has 0 spiro atoms. The van der Waals surface area contributed by atoms with Gasteiger partial charge in [-0.25, -0.2) is 13.2 Å². The fraction of sp³-hybridized carbons (Fsp3) is 0.750. The normalized spacial score (nSPS) is 25.8. The molecular formula is C16H26N4O4S. The van der Waals surface area contributed by atoms with Gasteiger partial charge in [0.05, 0.1) is 30.4 Å². The second kappa shape index (κ2) is 6.95. The lowest BCUT2D eigenvalue weighted by Crippen LogP contribution is -2.60. The summed E-state index contributed by atoms with van der Waals surface area (Å²) < 4.78 is 31.5. The predicted octanol–water partition coefficient (Wildman–Crippen LogP) is 0.558. The fourth-order valence-corrected chi connectivity index (χ4v) is 5.65. The maximum Gasteiger partial charge on any atom is 0.410 e. The molecule has 9 heteroatoms. The number of rotatable bonds is 4. The first-order valence-corrected chi connectivity index (χ1v) is 10.5. The monoisotopic (exact) mass is 370 g/mol. The zero-order chi connectivity index (χ0) is 18.2. The molecular weight excluding hydrogens is 344 g/mol. The molecule has 1 amide bonds. The molecule has 1 aromatic heterocycles. The van der Waals surface area contributed by atoms with Crippen LogP contribution in [0.3, 0.4) is 0 Å². The Morgan fingerprint density at radius 1 is 1.32 bits per heavy atom. The second-order valence-corrected chi connectivity index (χ2v) is 9.02. The molecule has 0 aromatic carbocycles. The smallest absolute Gasteiger partial charge is 0.410 e. The summed E-state index contributed by atoms with van der Waals surface area (Å²) in [5.41, 5.74) is 2.16. The minimum atomic E-state index is -3.16. The van der Waals surface area contributed by atoms with Gasteiger partial charge in [-0.05, 0) is 13.3 Å². The highest BCUT2D eigenvalue weighted by atomic mass is 32.2. The molecule has 140 valence electrons. The van der Waals surface area contributed by atoms with Crippen molar-refractivity contribution in [2.24, 2.45) is 7.05 Å². The Labute approximate surface area is 148 Å². The van der Waals surface area contributed by atoms with E-state index >= 15 is 0 Å². The SMILES string of the molecule is CCCOC(=O)N1CCN(Cc2cnn(C)c2C)[C@H]2CS(=O)(=O)C[C@H]21. The molecule has 0 aliphatic carbocycles. The topological polar surface area (TPSA) is 84.7 Å². The highest BCUT2D eigenvalue weighted by Crippen LogP contribution is 2.29. The van der Waals surface area contributed by atoms with Gasteiger partial charge < -0.3 is 9.64 Å². The Morgan fingerprint density at radius 2 is 2.04 bits per heavy atom. The summed E-state index contributed by atoms with van der Waals surface area (Å²) in [7, 11) is -1.27. The molecule has 3 rings (SSSR count). The molecule has 2 atom stereocenters. The number of sulfone groups is 1. The van der Waals surface area contributed by atoms with Gasteiger partial charge in [-0.3, -0.25) is 9.58 Å². The lowest BCUT2D eigenvalue weighted by molar-refractivity contribution is 0.0268. The van der Waals surface area contributed by atoms with Crippen molar-refractivity contribution in [1.82, 2.24) is 19.6 Å². The number of aromatic nitrogens is 2. The van der Waals surface area contributed by atoms with E-state index in [0.717, 1.165) is 17.7 Å². The molecule has 25 heavy (non-hydrogen) atoms. The first-order valence-electron chi connectivity index (χ1n) is 8.67. The minimum absolute atomic E-state index is 0.0153. The van der Waals surface area contributed by atoms with Crippen molar-refractivity contribution in [2.45, 2.75) is 38.9 Å². The van der Waals surface area contributed by atoms with Crippen LogP contribution in [0.25, 0.3) is 0 Å². The van der Waals surface area contributed by atoms with Gasteiger partial charge in [0, 0.05) is 44.0 Å². The summed E-state index contributed by atoms with van der Waals surface area (Å²) in [4.78, 5) is 16.1. The highest BCUT2D eigenvalue weighted by molar-refractivity contribution is 7.91. The van der Waals surface area contributed by atoms with Gasteiger partial charge in [-0.15, -0.1) is 0 Å². The number of carbonyl (C=O) groups is 1. The maximum atomic E-state index is 12.3. The molecule has 2 saturated heterocycles. The van der Waals surface area contributed by atoms with Crippen LogP contribution in [-0.2, 0) is 28.2 Å². The minimum Gasteiger partial charge on any atom is -0.449 e. The highest BCUT2D eigenvalue weighted by Gasteiger charge is 2.48. The molecule has 8 nitrogen and oxygen atoms in total. The van der Waals surface area contributed by atoms with E-state index in [2.05, 4.69) is 10.00 Å². The molecule has 0 N–H and O–H groups in total. The average Bonchev–Trinajstić information content (AvgIpc) is 3.05. The van der Waals surface area contributed by atoms with Crippen LogP contribution in [0.5, 0.6) is 0 Å². The summed E-state index contributed by atoms with van der Waals surface area (Å²) in [6.07, 6.45) is 2.18. The molecule has 3 heterocycles. The second-order valence-electron chi connectivity index (χ2n) is 6.87. The van der Waals surface area contributed by atoms with Crippen LogP contribution < -0.4 is 0 Å². The van der Waals surface area contributed by atoms with Crippen molar-refractivity contribution in [3.8, 4) is 0 Å². The zero-order valence-corrected chi connectivity index (χ0v) is 15.8. The van der Waals surface area contributed by atoms with Gasteiger partial charge >= 0.3 is 6.09 Å². The number of amides is 1. The van der Waals surface area contributed by atoms with Crippen molar-refractivity contribution >= 4 is 15.9 Å². The number of hydrogen-bond acceptors (Lipinski definition) is 6. The number of hydrogen-bond donors (Lipinski definition) is 0. The number of nitrogens with zero attached hydrogens (tertiary/aromatic N) is 4. The van der Waals surface area contributed by atoms with Crippen LogP contribution >= 0.6 is 0 Å². The molecule has 2 fully saturated rings. The average molecular weight is 370 g/mol. The molecule has 2 aliphatic heterocycles. The summed E-state index contributed by atoms with van der Waals surface area (Å²) in [6, 6.07) is -0.521. The van der Waals surface area contributed by atoms with Crippen molar-refractivity contribution in [3.05, 3.63) is 17.5 Å². The zero-order valence-electron chi connectivity index (χ0n) is 15.0. The van der Waals surface area contributed by atoms with Crippen molar-refractivity contribution in [2.75, 3.05) is 31.2 Å². The summed E-state index contributed by atoms with van der Waals surface area (Å²) in [5, 5.41) is 4.26. The van der Waals surface area contributed by atoms with Crippen LogP contribution in [0.4, 0.5) is 4.79 Å². The van der Waals surface area contributed by atoms with Crippen molar-refractivity contribution in [1.29, 1.82) is 0 Å². The van der Waals surface area contributed by atoms with E-state index in [1.54, 1.807) is 4.90 Å². The van der Waals surface area contributed by atoms with Gasteiger partial charge in [-0.1, -0.05) is 6.92 Å². The number of aryl methyl sites for hydroxylation is 1. The van der Waals surface area contributed by atoms with E-state index in [9.17, 15) is 13.2 Å². The number of piperazine rings is 1. The van der Waals surface area contributed by atoms with Crippen LogP contribution in [-0.4, -0.2) is 77.4 Å². The lowest BCUT2D eigenvalue weighted by atomic mass is 10.0. The lowest BCUT2D eigenvalue weighted by Gasteiger charge is -2.43. The first kappa shape index (κ1) is 18.2. The molecule has 0 radical (unpaired) electrons. The first-order chi connectivity index (χ1) is 11.8. The maximum absolute atomic E-state index is 12.3. The van der Waals surface area contributed by atoms with E-state index in [-0.39, 0.29) is 23.6 Å². The Balaban J connectivity index is 1.78. The Bertz CT molecular complexity index is 745.